The Hall–Kier alpha value is -2.15. The molecule has 0 radical (unpaired) electrons. The van der Waals surface area contributed by atoms with Crippen LogP contribution >= 0.6 is 0 Å². The van der Waals surface area contributed by atoms with E-state index in [-0.39, 0.29) is 5.41 Å². The zero-order valence-corrected chi connectivity index (χ0v) is 12.7. The van der Waals surface area contributed by atoms with E-state index in [0.29, 0.717) is 12.2 Å². The van der Waals surface area contributed by atoms with Crippen LogP contribution in [0.15, 0.2) is 66.2 Å². The van der Waals surface area contributed by atoms with E-state index >= 15 is 0 Å². The predicted molar refractivity (Wildman–Crippen MR) is 88.9 cm³/mol. The second-order valence-electron chi connectivity index (χ2n) is 6.54. The minimum absolute atomic E-state index is 0.0319. The molecule has 2 aromatic rings. The molecule has 2 aliphatic carbocycles. The summed E-state index contributed by atoms with van der Waals surface area (Å²) < 4.78 is 0. The zero-order chi connectivity index (χ0) is 15.0. The molecule has 0 amide bonds. The molecule has 0 bridgehead atoms. The van der Waals surface area contributed by atoms with Gasteiger partial charge in [0.15, 0.2) is 5.78 Å². The molecule has 0 unspecified atom stereocenters. The van der Waals surface area contributed by atoms with Crippen LogP contribution in [-0.4, -0.2) is 5.78 Å². The highest BCUT2D eigenvalue weighted by Gasteiger charge is 2.42. The Bertz CT molecular complexity index is 742. The van der Waals surface area contributed by atoms with Gasteiger partial charge in [-0.05, 0) is 48.4 Å². The van der Waals surface area contributed by atoms with Crippen molar-refractivity contribution < 1.29 is 4.79 Å². The van der Waals surface area contributed by atoms with E-state index < -0.39 is 0 Å². The van der Waals surface area contributed by atoms with Crippen LogP contribution in [0.25, 0.3) is 0 Å². The van der Waals surface area contributed by atoms with Crippen LogP contribution < -0.4 is 0 Å². The number of hydrogen-bond donors (Lipinski definition) is 0. The van der Waals surface area contributed by atoms with Crippen molar-refractivity contribution >= 4 is 5.78 Å². The summed E-state index contributed by atoms with van der Waals surface area (Å²) in [6.45, 7) is 0. The molecule has 4 rings (SSSR count). The number of allylic oxidation sites excluding steroid dienone is 2. The van der Waals surface area contributed by atoms with Crippen LogP contribution in [0.5, 0.6) is 0 Å². The average Bonchev–Trinajstić information content (AvgIpc) is 2.56. The number of carbonyl (C=O) groups is 1. The lowest BCUT2D eigenvalue weighted by Crippen LogP contribution is -2.39. The van der Waals surface area contributed by atoms with Crippen molar-refractivity contribution in [1.82, 2.24) is 0 Å². The second kappa shape index (κ2) is 5.24. The number of hydrogen-bond acceptors (Lipinski definition) is 1. The third-order valence-electron chi connectivity index (χ3n) is 5.29. The Morgan fingerprint density at radius 1 is 0.864 bits per heavy atom. The van der Waals surface area contributed by atoms with Crippen molar-refractivity contribution in [2.75, 3.05) is 0 Å². The van der Waals surface area contributed by atoms with Gasteiger partial charge in [0, 0.05) is 11.8 Å². The van der Waals surface area contributed by atoms with Gasteiger partial charge in [-0.25, -0.2) is 0 Å². The molecule has 0 aromatic heterocycles. The monoisotopic (exact) mass is 288 g/mol. The van der Waals surface area contributed by atoms with E-state index in [0.717, 1.165) is 25.7 Å². The molecule has 0 saturated heterocycles. The topological polar surface area (TPSA) is 17.1 Å². The lowest BCUT2D eigenvalue weighted by molar-refractivity contribution is -0.115. The first-order valence-electron chi connectivity index (χ1n) is 8.14. The van der Waals surface area contributed by atoms with Gasteiger partial charge >= 0.3 is 0 Å². The molecular weight excluding hydrogens is 268 g/mol. The fourth-order valence-electron chi connectivity index (χ4n) is 4.24. The van der Waals surface area contributed by atoms with Gasteiger partial charge in [-0.2, -0.15) is 0 Å². The van der Waals surface area contributed by atoms with Gasteiger partial charge in [-0.1, -0.05) is 60.2 Å². The fraction of sp³-hybridized carbons (Fsp3) is 0.286. The first kappa shape index (κ1) is 13.5. The van der Waals surface area contributed by atoms with Gasteiger partial charge in [0.05, 0.1) is 0 Å². The van der Waals surface area contributed by atoms with Gasteiger partial charge in [-0.15, -0.1) is 0 Å². The molecule has 1 heteroatoms. The van der Waals surface area contributed by atoms with Crippen molar-refractivity contribution in [1.29, 1.82) is 0 Å². The zero-order valence-electron chi connectivity index (χ0n) is 12.7. The normalized spacial score (nSPS) is 23.5. The van der Waals surface area contributed by atoms with Crippen molar-refractivity contribution in [3.8, 4) is 0 Å². The largest absolute Gasteiger partial charge is 0.295 e. The molecule has 2 aromatic carbocycles. The maximum atomic E-state index is 11.9. The number of carbonyl (C=O) groups excluding carboxylic acids is 1. The van der Waals surface area contributed by atoms with Crippen LogP contribution in [0.4, 0.5) is 0 Å². The van der Waals surface area contributed by atoms with Crippen LogP contribution in [0, 0.1) is 0 Å². The molecule has 0 heterocycles. The Balaban J connectivity index is 1.87. The van der Waals surface area contributed by atoms with E-state index in [2.05, 4.69) is 54.6 Å². The summed E-state index contributed by atoms with van der Waals surface area (Å²) in [4.78, 5) is 11.9. The minimum atomic E-state index is 0.0319. The minimum Gasteiger partial charge on any atom is -0.295 e. The first-order chi connectivity index (χ1) is 10.8. The van der Waals surface area contributed by atoms with E-state index in [9.17, 15) is 4.79 Å². The highest BCUT2D eigenvalue weighted by atomic mass is 16.1. The molecule has 1 atom stereocenters. The molecule has 110 valence electrons. The smallest absolute Gasteiger partial charge is 0.155 e. The Kier molecular flexibility index (Phi) is 3.22. The average molecular weight is 288 g/mol. The van der Waals surface area contributed by atoms with Gasteiger partial charge in [-0.3, -0.25) is 4.79 Å². The standard InChI is InChI=1S/C21H20O/c22-19-12-13-21(15-16-6-2-1-3-7-16)18(14-19)11-10-17-8-4-5-9-20(17)21/h1-9,14H,10-13,15H2/t21-/m0/s1. The van der Waals surface area contributed by atoms with Gasteiger partial charge in [0.2, 0.25) is 0 Å². The maximum absolute atomic E-state index is 11.9. The third-order valence-corrected chi connectivity index (χ3v) is 5.29. The van der Waals surface area contributed by atoms with E-state index in [1.165, 1.54) is 22.3 Å². The molecule has 0 N–H and O–H groups in total. The predicted octanol–water partition coefficient (Wildman–Crippen LogP) is 4.40. The van der Waals surface area contributed by atoms with E-state index in [1.54, 1.807) is 0 Å². The maximum Gasteiger partial charge on any atom is 0.155 e. The first-order valence-corrected chi connectivity index (χ1v) is 8.14. The van der Waals surface area contributed by atoms with Gasteiger partial charge in [0.25, 0.3) is 0 Å². The summed E-state index contributed by atoms with van der Waals surface area (Å²) in [7, 11) is 0. The van der Waals surface area contributed by atoms with Crippen molar-refractivity contribution in [2.24, 2.45) is 0 Å². The van der Waals surface area contributed by atoms with Crippen LogP contribution in [0.1, 0.15) is 36.0 Å². The number of ketones is 1. The van der Waals surface area contributed by atoms with Gasteiger partial charge in [0.1, 0.15) is 0 Å². The molecule has 0 saturated carbocycles. The number of benzene rings is 2. The molecule has 22 heavy (non-hydrogen) atoms. The Morgan fingerprint density at radius 2 is 1.64 bits per heavy atom. The lowest BCUT2D eigenvalue weighted by Gasteiger charge is -2.44. The summed E-state index contributed by atoms with van der Waals surface area (Å²) >= 11 is 0. The number of fused-ring (bicyclic) bond motifs is 3. The third kappa shape index (κ3) is 2.12. The summed E-state index contributed by atoms with van der Waals surface area (Å²) in [5.41, 5.74) is 5.66. The van der Waals surface area contributed by atoms with Gasteiger partial charge < -0.3 is 0 Å². The molecule has 1 nitrogen and oxygen atoms in total. The molecule has 0 aliphatic heterocycles. The highest BCUT2D eigenvalue weighted by Crippen LogP contribution is 2.48. The van der Waals surface area contributed by atoms with Crippen LogP contribution in [-0.2, 0) is 23.1 Å². The number of rotatable bonds is 2. The van der Waals surface area contributed by atoms with Crippen LogP contribution in [0.2, 0.25) is 0 Å². The summed E-state index contributed by atoms with van der Waals surface area (Å²) in [6, 6.07) is 19.5. The Morgan fingerprint density at radius 3 is 2.50 bits per heavy atom. The SMILES string of the molecule is O=C1C=C2CCc3ccccc3[C@]2(Cc2ccccc2)CC1. The molecule has 0 spiro atoms. The van der Waals surface area contributed by atoms with Crippen molar-refractivity contribution in [3.63, 3.8) is 0 Å². The Labute approximate surface area is 131 Å². The van der Waals surface area contributed by atoms with Crippen molar-refractivity contribution in [2.45, 2.75) is 37.5 Å². The number of aryl methyl sites for hydroxylation is 1. The summed E-state index contributed by atoms with van der Waals surface area (Å²) in [6.07, 6.45) is 6.65. The van der Waals surface area contributed by atoms with Crippen LogP contribution in [0.3, 0.4) is 0 Å². The molecule has 0 fully saturated rings. The van der Waals surface area contributed by atoms with E-state index in [4.69, 9.17) is 0 Å². The summed E-state index contributed by atoms with van der Waals surface area (Å²) in [5, 5.41) is 0. The second-order valence-corrected chi connectivity index (χ2v) is 6.54. The summed E-state index contributed by atoms with van der Waals surface area (Å²) in [5.74, 6) is 0.304. The fourth-order valence-corrected chi connectivity index (χ4v) is 4.24. The lowest BCUT2D eigenvalue weighted by atomic mass is 9.59. The highest BCUT2D eigenvalue weighted by molar-refractivity contribution is 5.92. The quantitative estimate of drug-likeness (QED) is 0.800. The van der Waals surface area contributed by atoms with Crippen molar-refractivity contribution in [3.05, 3.63) is 82.9 Å². The van der Waals surface area contributed by atoms with E-state index in [1.807, 2.05) is 6.08 Å². The molecule has 2 aliphatic rings. The molecular formula is C21H20O.